The second-order valence-electron chi connectivity index (χ2n) is 4.14. The van der Waals surface area contributed by atoms with Gasteiger partial charge < -0.3 is 15.8 Å². The zero-order valence-electron chi connectivity index (χ0n) is 11.2. The van der Waals surface area contributed by atoms with Gasteiger partial charge in [-0.05, 0) is 37.6 Å². The molecule has 2 aromatic heterocycles. The van der Waals surface area contributed by atoms with Crippen molar-refractivity contribution in [3.63, 3.8) is 0 Å². The van der Waals surface area contributed by atoms with Gasteiger partial charge in [-0.25, -0.2) is 0 Å². The molecule has 0 aromatic carbocycles. The van der Waals surface area contributed by atoms with Gasteiger partial charge in [0.05, 0.1) is 24.5 Å². The summed E-state index contributed by atoms with van der Waals surface area (Å²) in [6.45, 7) is 5.10. The van der Waals surface area contributed by atoms with E-state index < -0.39 is 0 Å². The molecule has 0 aliphatic rings. The molecule has 5 nitrogen and oxygen atoms in total. The Morgan fingerprint density at radius 1 is 1.32 bits per heavy atom. The van der Waals surface area contributed by atoms with E-state index in [4.69, 9.17) is 10.5 Å². The van der Waals surface area contributed by atoms with Crippen LogP contribution in [0.15, 0.2) is 30.5 Å². The first-order valence-corrected chi connectivity index (χ1v) is 6.24. The quantitative estimate of drug-likeness (QED) is 0.861. The number of anilines is 2. The summed E-state index contributed by atoms with van der Waals surface area (Å²) in [6, 6.07) is 7.57. The predicted octanol–water partition coefficient (Wildman–Crippen LogP) is 2.38. The topological polar surface area (TPSA) is 73.1 Å². The van der Waals surface area contributed by atoms with E-state index in [0.717, 1.165) is 17.1 Å². The number of aromatic nitrogens is 2. The van der Waals surface area contributed by atoms with Gasteiger partial charge in [-0.15, -0.1) is 0 Å². The van der Waals surface area contributed by atoms with Crippen molar-refractivity contribution in [1.82, 2.24) is 9.97 Å². The molecule has 0 aliphatic carbocycles. The van der Waals surface area contributed by atoms with Crippen LogP contribution in [0.1, 0.15) is 18.2 Å². The number of hydrogen-bond donors (Lipinski definition) is 2. The molecule has 0 atom stereocenters. The molecule has 3 N–H and O–H groups in total. The zero-order valence-corrected chi connectivity index (χ0v) is 11.2. The third-order valence-electron chi connectivity index (χ3n) is 2.73. The summed E-state index contributed by atoms with van der Waals surface area (Å²) in [5.74, 6) is 1.19. The standard InChI is InChI=1S/C14H18N4O/c1-3-19-14-11(15)6-7-13(18-14)17-9-12-10(2)5-4-8-16-12/h4-8H,3,9,15H2,1-2H3,(H,17,18). The summed E-state index contributed by atoms with van der Waals surface area (Å²) in [5, 5.41) is 3.22. The first kappa shape index (κ1) is 13.1. The fourth-order valence-electron chi connectivity index (χ4n) is 1.68. The van der Waals surface area contributed by atoms with Crippen LogP contribution in [0.5, 0.6) is 5.88 Å². The summed E-state index contributed by atoms with van der Waals surface area (Å²) in [6.07, 6.45) is 1.78. The maximum atomic E-state index is 5.78. The van der Waals surface area contributed by atoms with Gasteiger partial charge in [0.1, 0.15) is 5.82 Å². The Bertz CT molecular complexity index is 557. The fraction of sp³-hybridized carbons (Fsp3) is 0.286. The van der Waals surface area contributed by atoms with Crippen LogP contribution in [0.2, 0.25) is 0 Å². The molecular weight excluding hydrogens is 240 g/mol. The van der Waals surface area contributed by atoms with Gasteiger partial charge in [0.25, 0.3) is 0 Å². The van der Waals surface area contributed by atoms with Crippen molar-refractivity contribution < 1.29 is 4.74 Å². The molecule has 0 spiro atoms. The third-order valence-corrected chi connectivity index (χ3v) is 2.73. The summed E-state index contributed by atoms with van der Waals surface area (Å²) >= 11 is 0. The molecule has 0 saturated heterocycles. The molecule has 100 valence electrons. The minimum Gasteiger partial charge on any atom is -0.476 e. The number of rotatable bonds is 5. The van der Waals surface area contributed by atoms with Crippen LogP contribution in [0.3, 0.4) is 0 Å². The number of nitrogen functional groups attached to an aromatic ring is 1. The maximum absolute atomic E-state index is 5.78. The highest BCUT2D eigenvalue weighted by Crippen LogP contribution is 2.21. The second kappa shape index (κ2) is 6.04. The Kier molecular flexibility index (Phi) is 4.18. The Hall–Kier alpha value is -2.30. The van der Waals surface area contributed by atoms with Gasteiger partial charge in [-0.3, -0.25) is 4.98 Å². The zero-order chi connectivity index (χ0) is 13.7. The van der Waals surface area contributed by atoms with Crippen molar-refractivity contribution in [2.75, 3.05) is 17.7 Å². The Balaban J connectivity index is 2.07. The van der Waals surface area contributed by atoms with Crippen LogP contribution in [0.4, 0.5) is 11.5 Å². The first-order valence-electron chi connectivity index (χ1n) is 6.24. The second-order valence-corrected chi connectivity index (χ2v) is 4.14. The lowest BCUT2D eigenvalue weighted by atomic mass is 10.2. The molecule has 2 rings (SSSR count). The molecule has 2 aromatic rings. The van der Waals surface area contributed by atoms with Gasteiger partial charge in [0.2, 0.25) is 5.88 Å². The maximum Gasteiger partial charge on any atom is 0.239 e. The average Bonchev–Trinajstić information content (AvgIpc) is 2.41. The number of pyridine rings is 2. The number of nitrogens with two attached hydrogens (primary N) is 1. The fourth-order valence-corrected chi connectivity index (χ4v) is 1.68. The highest BCUT2D eigenvalue weighted by atomic mass is 16.5. The lowest BCUT2D eigenvalue weighted by Gasteiger charge is -2.10. The van der Waals surface area contributed by atoms with E-state index in [0.29, 0.717) is 24.7 Å². The monoisotopic (exact) mass is 258 g/mol. The van der Waals surface area contributed by atoms with Crippen LogP contribution in [0.25, 0.3) is 0 Å². The summed E-state index contributed by atoms with van der Waals surface area (Å²) < 4.78 is 5.36. The Labute approximate surface area is 112 Å². The van der Waals surface area contributed by atoms with Gasteiger partial charge in [0, 0.05) is 6.20 Å². The molecule has 0 saturated carbocycles. The van der Waals surface area contributed by atoms with E-state index in [9.17, 15) is 0 Å². The van der Waals surface area contributed by atoms with E-state index in [1.165, 1.54) is 0 Å². The Morgan fingerprint density at radius 3 is 2.89 bits per heavy atom. The molecule has 19 heavy (non-hydrogen) atoms. The Morgan fingerprint density at radius 2 is 2.16 bits per heavy atom. The highest BCUT2D eigenvalue weighted by molar-refractivity contribution is 5.53. The van der Waals surface area contributed by atoms with Gasteiger partial charge >= 0.3 is 0 Å². The molecule has 5 heteroatoms. The largest absolute Gasteiger partial charge is 0.476 e. The molecule has 0 bridgehead atoms. The first-order chi connectivity index (χ1) is 9.20. The number of aryl methyl sites for hydroxylation is 1. The van der Waals surface area contributed by atoms with Crippen molar-refractivity contribution in [3.05, 3.63) is 41.7 Å². The molecule has 2 heterocycles. The van der Waals surface area contributed by atoms with Crippen molar-refractivity contribution in [1.29, 1.82) is 0 Å². The summed E-state index contributed by atoms with van der Waals surface area (Å²) in [4.78, 5) is 8.64. The van der Waals surface area contributed by atoms with Crippen LogP contribution in [-0.4, -0.2) is 16.6 Å². The minimum atomic E-state index is 0.463. The predicted molar refractivity (Wildman–Crippen MR) is 76.1 cm³/mol. The molecule has 0 amide bonds. The normalized spacial score (nSPS) is 10.2. The highest BCUT2D eigenvalue weighted by Gasteiger charge is 2.04. The van der Waals surface area contributed by atoms with E-state index in [2.05, 4.69) is 15.3 Å². The van der Waals surface area contributed by atoms with E-state index in [-0.39, 0.29) is 0 Å². The number of nitrogens with one attached hydrogen (secondary N) is 1. The third kappa shape index (κ3) is 3.34. The van der Waals surface area contributed by atoms with Gasteiger partial charge in [-0.2, -0.15) is 4.98 Å². The molecule has 0 radical (unpaired) electrons. The van der Waals surface area contributed by atoms with Crippen molar-refractivity contribution >= 4 is 11.5 Å². The number of hydrogen-bond acceptors (Lipinski definition) is 5. The van der Waals surface area contributed by atoms with Crippen LogP contribution >= 0.6 is 0 Å². The SMILES string of the molecule is CCOc1nc(NCc2ncccc2C)ccc1N. The van der Waals surface area contributed by atoms with Crippen LogP contribution in [-0.2, 0) is 6.54 Å². The van der Waals surface area contributed by atoms with Crippen molar-refractivity contribution in [3.8, 4) is 5.88 Å². The smallest absolute Gasteiger partial charge is 0.239 e. The van der Waals surface area contributed by atoms with Crippen molar-refractivity contribution in [2.24, 2.45) is 0 Å². The molecule has 0 unspecified atom stereocenters. The summed E-state index contributed by atoms with van der Waals surface area (Å²) in [5.41, 5.74) is 8.47. The molecule has 0 fully saturated rings. The van der Waals surface area contributed by atoms with Crippen LogP contribution in [0, 0.1) is 6.92 Å². The van der Waals surface area contributed by atoms with Crippen LogP contribution < -0.4 is 15.8 Å². The minimum absolute atomic E-state index is 0.463. The average molecular weight is 258 g/mol. The van der Waals surface area contributed by atoms with E-state index in [1.807, 2.05) is 32.0 Å². The van der Waals surface area contributed by atoms with E-state index in [1.54, 1.807) is 12.3 Å². The van der Waals surface area contributed by atoms with Crippen molar-refractivity contribution in [2.45, 2.75) is 20.4 Å². The van der Waals surface area contributed by atoms with E-state index >= 15 is 0 Å². The lowest BCUT2D eigenvalue weighted by Crippen LogP contribution is -2.06. The number of nitrogens with zero attached hydrogens (tertiary/aromatic N) is 2. The number of ether oxygens (including phenoxy) is 1. The van der Waals surface area contributed by atoms with Gasteiger partial charge in [-0.1, -0.05) is 6.07 Å². The summed E-state index contributed by atoms with van der Waals surface area (Å²) in [7, 11) is 0. The van der Waals surface area contributed by atoms with Gasteiger partial charge in [0.15, 0.2) is 0 Å². The lowest BCUT2D eigenvalue weighted by molar-refractivity contribution is 0.329. The molecular formula is C14H18N4O. The molecule has 0 aliphatic heterocycles.